The molecule has 17 heavy (non-hydrogen) atoms. The standard InChI is InChI=1S/C6H7N.C5H11N.C2H5NO/c1-6-3-2-4-7-5-6;1-6-4-2-3-5-6;1-2(3)4/h2-5H,1H3;2-5H2,1H3;1H3,(H2,3,4). The van der Waals surface area contributed by atoms with Crippen LogP contribution in [0.5, 0.6) is 0 Å². The zero-order chi connectivity index (χ0) is 13.1. The molecule has 0 spiro atoms. The number of aromatic nitrogens is 1. The van der Waals surface area contributed by atoms with E-state index in [1.54, 1.807) is 6.20 Å². The van der Waals surface area contributed by atoms with Gasteiger partial charge in [0.25, 0.3) is 0 Å². The fraction of sp³-hybridized carbons (Fsp3) is 0.538. The first-order chi connectivity index (χ1) is 8.02. The van der Waals surface area contributed by atoms with Gasteiger partial charge in [0.2, 0.25) is 5.91 Å². The van der Waals surface area contributed by atoms with Crippen LogP contribution in [0.1, 0.15) is 25.3 Å². The molecule has 0 unspecified atom stereocenters. The molecule has 2 heterocycles. The monoisotopic (exact) mass is 237 g/mol. The van der Waals surface area contributed by atoms with Gasteiger partial charge in [0.15, 0.2) is 0 Å². The highest BCUT2D eigenvalue weighted by Gasteiger charge is 2.03. The molecule has 96 valence electrons. The van der Waals surface area contributed by atoms with Crippen molar-refractivity contribution in [1.29, 1.82) is 0 Å². The molecule has 0 aromatic carbocycles. The molecule has 4 nitrogen and oxygen atoms in total. The molecule has 1 amide bonds. The molecule has 1 aromatic heterocycles. The lowest BCUT2D eigenvalue weighted by atomic mass is 10.3. The molecule has 0 radical (unpaired) electrons. The summed E-state index contributed by atoms with van der Waals surface area (Å²) in [6, 6.07) is 3.95. The minimum Gasteiger partial charge on any atom is -0.370 e. The number of hydrogen-bond acceptors (Lipinski definition) is 3. The zero-order valence-corrected chi connectivity index (χ0v) is 11.0. The number of nitrogens with zero attached hydrogens (tertiary/aromatic N) is 2. The van der Waals surface area contributed by atoms with Gasteiger partial charge in [-0.1, -0.05) is 6.07 Å². The van der Waals surface area contributed by atoms with Crippen LogP contribution in [0.2, 0.25) is 0 Å². The quantitative estimate of drug-likeness (QED) is 0.745. The summed E-state index contributed by atoms with van der Waals surface area (Å²) in [6.07, 6.45) is 6.43. The van der Waals surface area contributed by atoms with Crippen LogP contribution < -0.4 is 5.73 Å². The Kier molecular flexibility index (Phi) is 8.96. The fourth-order valence-electron chi connectivity index (χ4n) is 1.32. The van der Waals surface area contributed by atoms with Crippen molar-refractivity contribution < 1.29 is 4.79 Å². The van der Waals surface area contributed by atoms with Gasteiger partial charge in [-0.25, -0.2) is 0 Å². The van der Waals surface area contributed by atoms with Gasteiger partial charge in [0.1, 0.15) is 0 Å². The normalized spacial score (nSPS) is 14.1. The van der Waals surface area contributed by atoms with Crippen LogP contribution in [-0.4, -0.2) is 35.9 Å². The Balaban J connectivity index is 0.000000236. The van der Waals surface area contributed by atoms with E-state index in [2.05, 4.69) is 22.7 Å². The van der Waals surface area contributed by atoms with Crippen molar-refractivity contribution in [1.82, 2.24) is 9.88 Å². The Hall–Kier alpha value is -1.42. The molecule has 0 atom stereocenters. The van der Waals surface area contributed by atoms with E-state index < -0.39 is 0 Å². The number of carbonyl (C=O) groups is 1. The molecular weight excluding hydrogens is 214 g/mol. The highest BCUT2D eigenvalue weighted by Crippen LogP contribution is 2.02. The van der Waals surface area contributed by atoms with Crippen molar-refractivity contribution >= 4 is 5.91 Å². The van der Waals surface area contributed by atoms with Gasteiger partial charge in [-0.15, -0.1) is 0 Å². The molecule has 1 saturated heterocycles. The molecule has 0 aliphatic carbocycles. The topological polar surface area (TPSA) is 59.2 Å². The van der Waals surface area contributed by atoms with E-state index in [-0.39, 0.29) is 5.91 Å². The van der Waals surface area contributed by atoms with Gasteiger partial charge in [-0.3, -0.25) is 9.78 Å². The van der Waals surface area contributed by atoms with E-state index in [0.717, 1.165) is 0 Å². The highest BCUT2D eigenvalue weighted by atomic mass is 16.1. The average molecular weight is 237 g/mol. The molecule has 0 saturated carbocycles. The fourth-order valence-corrected chi connectivity index (χ4v) is 1.32. The van der Waals surface area contributed by atoms with E-state index in [4.69, 9.17) is 0 Å². The maximum atomic E-state index is 9.22. The Bertz CT molecular complexity index is 291. The third kappa shape index (κ3) is 12.5. The summed E-state index contributed by atoms with van der Waals surface area (Å²) in [6.45, 7) is 5.97. The van der Waals surface area contributed by atoms with Gasteiger partial charge >= 0.3 is 0 Å². The number of carbonyl (C=O) groups excluding carboxylic acids is 1. The molecular formula is C13H23N3O. The second-order valence-electron chi connectivity index (χ2n) is 4.15. The maximum Gasteiger partial charge on any atom is 0.214 e. The first kappa shape index (κ1) is 15.6. The lowest BCUT2D eigenvalue weighted by Gasteiger charge is -2.01. The maximum absolute atomic E-state index is 9.22. The lowest BCUT2D eigenvalue weighted by molar-refractivity contribution is -0.115. The van der Waals surface area contributed by atoms with E-state index >= 15 is 0 Å². The number of aryl methyl sites for hydroxylation is 1. The predicted molar refractivity (Wildman–Crippen MR) is 70.6 cm³/mol. The van der Waals surface area contributed by atoms with Crippen molar-refractivity contribution in [2.45, 2.75) is 26.7 Å². The number of likely N-dealkylation sites (tertiary alicyclic amines) is 1. The van der Waals surface area contributed by atoms with Gasteiger partial charge in [0, 0.05) is 19.3 Å². The second-order valence-corrected chi connectivity index (χ2v) is 4.15. The Morgan fingerprint density at radius 1 is 1.41 bits per heavy atom. The van der Waals surface area contributed by atoms with Crippen LogP contribution in [0.15, 0.2) is 24.5 Å². The predicted octanol–water partition coefficient (Wildman–Crippen LogP) is 1.59. The van der Waals surface area contributed by atoms with Crippen LogP contribution >= 0.6 is 0 Å². The van der Waals surface area contributed by atoms with Gasteiger partial charge in [0.05, 0.1) is 0 Å². The molecule has 0 bridgehead atoms. The summed E-state index contributed by atoms with van der Waals surface area (Å²) >= 11 is 0. The molecule has 1 aliphatic heterocycles. The average Bonchev–Trinajstić information content (AvgIpc) is 2.70. The van der Waals surface area contributed by atoms with Crippen molar-refractivity contribution in [3.8, 4) is 0 Å². The molecule has 2 rings (SSSR count). The summed E-state index contributed by atoms with van der Waals surface area (Å²) in [5, 5.41) is 0. The van der Waals surface area contributed by atoms with E-state index in [1.165, 1.54) is 38.4 Å². The van der Waals surface area contributed by atoms with Crippen molar-refractivity contribution in [2.75, 3.05) is 20.1 Å². The minimum absolute atomic E-state index is 0.333. The van der Waals surface area contributed by atoms with Crippen LogP contribution in [0.4, 0.5) is 0 Å². The number of pyridine rings is 1. The summed E-state index contributed by atoms with van der Waals surface area (Å²) in [5.74, 6) is -0.333. The minimum atomic E-state index is -0.333. The number of nitrogens with two attached hydrogens (primary N) is 1. The third-order valence-corrected chi connectivity index (χ3v) is 2.14. The van der Waals surface area contributed by atoms with E-state index in [9.17, 15) is 4.79 Å². The van der Waals surface area contributed by atoms with Gasteiger partial charge in [-0.05, 0) is 51.5 Å². The summed E-state index contributed by atoms with van der Waals surface area (Å²) in [4.78, 5) is 15.5. The van der Waals surface area contributed by atoms with Crippen LogP contribution in [-0.2, 0) is 4.79 Å². The highest BCUT2D eigenvalue weighted by molar-refractivity contribution is 5.70. The van der Waals surface area contributed by atoms with E-state index in [1.807, 2.05) is 25.3 Å². The van der Waals surface area contributed by atoms with Crippen molar-refractivity contribution in [3.05, 3.63) is 30.1 Å². The number of rotatable bonds is 0. The molecule has 1 fully saturated rings. The Morgan fingerprint density at radius 3 is 2.12 bits per heavy atom. The Morgan fingerprint density at radius 2 is 1.94 bits per heavy atom. The first-order valence-corrected chi connectivity index (χ1v) is 5.83. The third-order valence-electron chi connectivity index (χ3n) is 2.14. The van der Waals surface area contributed by atoms with Crippen LogP contribution in [0.25, 0.3) is 0 Å². The lowest BCUT2D eigenvalue weighted by Crippen LogP contribution is -2.10. The molecule has 1 aromatic rings. The summed E-state index contributed by atoms with van der Waals surface area (Å²) < 4.78 is 0. The van der Waals surface area contributed by atoms with Crippen LogP contribution in [0, 0.1) is 6.92 Å². The molecule has 2 N–H and O–H groups in total. The first-order valence-electron chi connectivity index (χ1n) is 5.83. The number of amides is 1. The Labute approximate surface area is 104 Å². The van der Waals surface area contributed by atoms with Crippen molar-refractivity contribution in [3.63, 3.8) is 0 Å². The number of hydrogen-bond donors (Lipinski definition) is 1. The number of primary amides is 1. The SMILES string of the molecule is CC(N)=O.CN1CCCC1.Cc1cccnc1. The smallest absolute Gasteiger partial charge is 0.214 e. The van der Waals surface area contributed by atoms with Gasteiger partial charge < -0.3 is 10.6 Å². The molecule has 1 aliphatic rings. The molecule has 4 heteroatoms. The largest absolute Gasteiger partial charge is 0.370 e. The zero-order valence-electron chi connectivity index (χ0n) is 11.0. The van der Waals surface area contributed by atoms with E-state index in [0.29, 0.717) is 0 Å². The summed E-state index contributed by atoms with van der Waals surface area (Å²) in [5.41, 5.74) is 5.68. The second kappa shape index (κ2) is 9.78. The van der Waals surface area contributed by atoms with Crippen LogP contribution in [0.3, 0.4) is 0 Å². The van der Waals surface area contributed by atoms with Gasteiger partial charge in [-0.2, -0.15) is 0 Å². The van der Waals surface area contributed by atoms with Crippen molar-refractivity contribution in [2.24, 2.45) is 5.73 Å². The summed E-state index contributed by atoms with van der Waals surface area (Å²) in [7, 11) is 2.17.